The molecule has 0 heterocycles. The second-order valence-electron chi connectivity index (χ2n) is 8.45. The van der Waals surface area contributed by atoms with Crippen LogP contribution in [-0.4, -0.2) is 26.8 Å². The highest BCUT2D eigenvalue weighted by molar-refractivity contribution is 7.92. The normalized spacial score (nSPS) is 11.3. The number of ether oxygens (including phenoxy) is 1. The van der Waals surface area contributed by atoms with Gasteiger partial charge in [0.25, 0.3) is 5.91 Å². The van der Waals surface area contributed by atoms with Crippen molar-refractivity contribution in [3.8, 4) is 5.75 Å². The topological polar surface area (TPSA) is 88.1 Å². The van der Waals surface area contributed by atoms with Crippen LogP contribution in [0.1, 0.15) is 27.0 Å². The molecular weight excluding hydrogens is 522 g/mol. The predicted octanol–water partition coefficient (Wildman–Crippen LogP) is 5.65. The Hall–Kier alpha value is -4.14. The summed E-state index contributed by atoms with van der Waals surface area (Å²) in [6.45, 7) is 0.551. The highest BCUT2D eigenvalue weighted by atomic mass is 35.5. The monoisotopic (exact) mass is 547 g/mol. The van der Waals surface area contributed by atoms with Gasteiger partial charge in [-0.05, 0) is 65.7 Å². The number of nitrogens with one attached hydrogen (secondary N) is 1. The summed E-state index contributed by atoms with van der Waals surface area (Å²) < 4.78 is 31.8. The predicted molar refractivity (Wildman–Crippen MR) is 151 cm³/mol. The molecule has 0 saturated carbocycles. The molecule has 4 aromatic carbocycles. The highest BCUT2D eigenvalue weighted by Gasteiger charge is 2.18. The van der Waals surface area contributed by atoms with E-state index in [0.717, 1.165) is 22.9 Å². The van der Waals surface area contributed by atoms with E-state index in [2.05, 4.69) is 10.5 Å². The number of hydrogen-bond donors (Lipinski definition) is 1. The number of anilines is 1. The van der Waals surface area contributed by atoms with Crippen molar-refractivity contribution in [2.75, 3.05) is 10.6 Å². The van der Waals surface area contributed by atoms with Gasteiger partial charge >= 0.3 is 0 Å². The Labute approximate surface area is 227 Å². The lowest BCUT2D eigenvalue weighted by atomic mass is 10.2. The molecule has 194 valence electrons. The summed E-state index contributed by atoms with van der Waals surface area (Å²) in [6, 6.07) is 30.4. The summed E-state index contributed by atoms with van der Waals surface area (Å²) in [5.74, 6) is 0.267. The molecule has 0 spiro atoms. The van der Waals surface area contributed by atoms with Crippen LogP contribution in [0.5, 0.6) is 5.75 Å². The maximum absolute atomic E-state index is 12.5. The summed E-state index contributed by atoms with van der Waals surface area (Å²) in [4.78, 5) is 12.5. The van der Waals surface area contributed by atoms with E-state index < -0.39 is 15.9 Å². The van der Waals surface area contributed by atoms with Gasteiger partial charge in [0, 0.05) is 16.1 Å². The van der Waals surface area contributed by atoms with Gasteiger partial charge in [-0.1, -0.05) is 60.1 Å². The molecule has 0 unspecified atom stereocenters. The van der Waals surface area contributed by atoms with E-state index in [9.17, 15) is 13.2 Å². The first-order valence-electron chi connectivity index (χ1n) is 11.7. The van der Waals surface area contributed by atoms with Gasteiger partial charge in [0.05, 0.1) is 24.7 Å². The van der Waals surface area contributed by atoms with Crippen LogP contribution in [-0.2, 0) is 23.2 Å². The second-order valence-corrected chi connectivity index (χ2v) is 10.8. The van der Waals surface area contributed by atoms with E-state index in [1.165, 1.54) is 10.5 Å². The van der Waals surface area contributed by atoms with Gasteiger partial charge < -0.3 is 4.74 Å². The minimum absolute atomic E-state index is 0.194. The van der Waals surface area contributed by atoms with Gasteiger partial charge in [-0.15, -0.1) is 0 Å². The summed E-state index contributed by atoms with van der Waals surface area (Å²) >= 11 is 6.15. The number of benzene rings is 4. The smallest absolute Gasteiger partial charge is 0.271 e. The number of carbonyl (C=O) groups excluding carboxylic acids is 1. The Morgan fingerprint density at radius 2 is 1.58 bits per heavy atom. The molecule has 0 atom stereocenters. The molecule has 0 fully saturated rings. The maximum Gasteiger partial charge on any atom is 0.271 e. The van der Waals surface area contributed by atoms with Crippen molar-refractivity contribution in [2.24, 2.45) is 5.10 Å². The summed E-state index contributed by atoms with van der Waals surface area (Å²) in [7, 11) is -3.52. The number of rotatable bonds is 10. The third kappa shape index (κ3) is 7.44. The van der Waals surface area contributed by atoms with Crippen LogP contribution in [0.4, 0.5) is 5.69 Å². The van der Waals surface area contributed by atoms with Crippen molar-refractivity contribution in [3.63, 3.8) is 0 Å². The van der Waals surface area contributed by atoms with E-state index in [1.54, 1.807) is 24.3 Å². The molecule has 9 heteroatoms. The number of sulfonamides is 1. The van der Waals surface area contributed by atoms with Crippen molar-refractivity contribution in [1.82, 2.24) is 5.43 Å². The molecule has 38 heavy (non-hydrogen) atoms. The second kappa shape index (κ2) is 12.4. The number of halogens is 1. The van der Waals surface area contributed by atoms with Gasteiger partial charge in [-0.3, -0.25) is 9.10 Å². The minimum Gasteiger partial charge on any atom is -0.489 e. The Bertz CT molecular complexity index is 1510. The molecule has 0 aliphatic carbocycles. The van der Waals surface area contributed by atoms with Crippen molar-refractivity contribution in [2.45, 2.75) is 13.2 Å². The van der Waals surface area contributed by atoms with E-state index in [4.69, 9.17) is 16.3 Å². The Morgan fingerprint density at radius 3 is 2.24 bits per heavy atom. The first-order chi connectivity index (χ1) is 18.3. The first kappa shape index (κ1) is 26.9. The van der Waals surface area contributed by atoms with Gasteiger partial charge in [0.1, 0.15) is 12.4 Å². The summed E-state index contributed by atoms with van der Waals surface area (Å²) in [5, 5.41) is 4.67. The van der Waals surface area contributed by atoms with E-state index in [0.29, 0.717) is 28.6 Å². The SMILES string of the molecule is CS(=O)(=O)N(Cc1ccccc1)c1ccc(C(=O)N/N=C\c2ccc(OCc3ccccc3Cl)cc2)cc1. The van der Waals surface area contributed by atoms with Gasteiger partial charge in [0.2, 0.25) is 10.0 Å². The van der Waals surface area contributed by atoms with Crippen LogP contribution >= 0.6 is 11.6 Å². The lowest BCUT2D eigenvalue weighted by Crippen LogP contribution is -2.29. The number of nitrogens with zero attached hydrogens (tertiary/aromatic N) is 2. The summed E-state index contributed by atoms with van der Waals surface area (Å²) in [5.41, 5.74) is 5.83. The van der Waals surface area contributed by atoms with E-state index in [1.807, 2.05) is 78.9 Å². The van der Waals surface area contributed by atoms with Crippen molar-refractivity contribution in [1.29, 1.82) is 0 Å². The number of carbonyl (C=O) groups is 1. The molecular formula is C29H26ClN3O4S. The third-order valence-corrected chi connectivity index (χ3v) is 7.11. The molecule has 1 N–H and O–H groups in total. The van der Waals surface area contributed by atoms with Crippen LogP contribution < -0.4 is 14.5 Å². The molecule has 0 aliphatic rings. The molecule has 0 aromatic heterocycles. The molecule has 0 radical (unpaired) electrons. The largest absolute Gasteiger partial charge is 0.489 e. The zero-order valence-corrected chi connectivity index (χ0v) is 22.2. The fourth-order valence-corrected chi connectivity index (χ4v) is 4.66. The van der Waals surface area contributed by atoms with Gasteiger partial charge in [-0.2, -0.15) is 5.10 Å². The lowest BCUT2D eigenvalue weighted by molar-refractivity contribution is 0.0955. The lowest BCUT2D eigenvalue weighted by Gasteiger charge is -2.22. The van der Waals surface area contributed by atoms with E-state index >= 15 is 0 Å². The average molecular weight is 548 g/mol. The van der Waals surface area contributed by atoms with Crippen LogP contribution in [0.25, 0.3) is 0 Å². The third-order valence-electron chi connectivity index (χ3n) is 5.60. The Morgan fingerprint density at radius 1 is 0.921 bits per heavy atom. The fourth-order valence-electron chi connectivity index (χ4n) is 3.58. The molecule has 0 aliphatic heterocycles. The number of amides is 1. The molecule has 7 nitrogen and oxygen atoms in total. The van der Waals surface area contributed by atoms with Crippen molar-refractivity contribution in [3.05, 3.63) is 130 Å². The Balaban J connectivity index is 1.33. The molecule has 4 rings (SSSR count). The summed E-state index contributed by atoms with van der Waals surface area (Å²) in [6.07, 6.45) is 2.68. The zero-order valence-electron chi connectivity index (χ0n) is 20.6. The molecule has 0 saturated heterocycles. The van der Waals surface area contributed by atoms with Crippen LogP contribution in [0.2, 0.25) is 5.02 Å². The highest BCUT2D eigenvalue weighted by Crippen LogP contribution is 2.22. The van der Waals surface area contributed by atoms with Crippen LogP contribution in [0, 0.1) is 0 Å². The zero-order chi connectivity index (χ0) is 27.0. The number of hydrogen-bond acceptors (Lipinski definition) is 5. The first-order valence-corrected chi connectivity index (χ1v) is 13.9. The maximum atomic E-state index is 12.5. The minimum atomic E-state index is -3.52. The number of hydrazone groups is 1. The van der Waals surface area contributed by atoms with Gasteiger partial charge in [0.15, 0.2) is 0 Å². The van der Waals surface area contributed by atoms with Crippen LogP contribution in [0.15, 0.2) is 108 Å². The van der Waals surface area contributed by atoms with E-state index in [-0.39, 0.29) is 6.54 Å². The molecule has 0 bridgehead atoms. The van der Waals surface area contributed by atoms with Crippen molar-refractivity contribution >= 4 is 39.4 Å². The van der Waals surface area contributed by atoms with Gasteiger partial charge in [-0.25, -0.2) is 13.8 Å². The quantitative estimate of drug-likeness (QED) is 0.205. The van der Waals surface area contributed by atoms with Crippen molar-refractivity contribution < 1.29 is 17.9 Å². The average Bonchev–Trinajstić information content (AvgIpc) is 2.92. The molecule has 4 aromatic rings. The standard InChI is InChI=1S/C29H26ClN3O4S/c1-38(35,36)33(20-23-7-3-2-4-8-23)26-15-13-24(14-16-26)29(34)32-31-19-22-11-17-27(18-12-22)37-21-25-9-5-6-10-28(25)30/h2-19H,20-21H2,1H3,(H,32,34)/b31-19-. The fraction of sp³-hybridized carbons (Fsp3) is 0.103. The van der Waals surface area contributed by atoms with Crippen LogP contribution in [0.3, 0.4) is 0 Å². The molecule has 1 amide bonds. The Kier molecular flexibility index (Phi) is 8.78.